The van der Waals surface area contributed by atoms with Crippen LogP contribution in [0, 0.1) is 5.92 Å². The first-order chi connectivity index (χ1) is 16.3. The lowest BCUT2D eigenvalue weighted by Gasteiger charge is -2.24. The minimum atomic E-state index is -4.58. The van der Waals surface area contributed by atoms with Gasteiger partial charge in [-0.3, -0.25) is 9.00 Å². The maximum Gasteiger partial charge on any atom is 0.449 e. The smallest absolute Gasteiger partial charge is 0.348 e. The van der Waals surface area contributed by atoms with Crippen LogP contribution in [-0.2, 0) is 30.1 Å². The molecule has 4 rings (SSSR count). The van der Waals surface area contributed by atoms with Crippen LogP contribution in [0.15, 0.2) is 47.4 Å². The SMILES string of the molecule is CCS(=O)c1ccc(CNC(=O)c2ccc3c(c2)nc(C(F)(F)F)n3CC2CCNCC2)cc1. The molecule has 1 fully saturated rings. The van der Waals surface area contributed by atoms with Crippen molar-refractivity contribution in [1.82, 2.24) is 20.2 Å². The van der Waals surface area contributed by atoms with Gasteiger partial charge in [-0.1, -0.05) is 19.1 Å². The van der Waals surface area contributed by atoms with Crippen molar-refractivity contribution in [2.45, 2.75) is 43.9 Å². The first-order valence-electron chi connectivity index (χ1n) is 11.3. The normalized spacial score (nSPS) is 16.0. The summed E-state index contributed by atoms with van der Waals surface area (Å²) in [5.74, 6) is -0.654. The molecule has 2 N–H and O–H groups in total. The molecule has 10 heteroatoms. The van der Waals surface area contributed by atoms with Gasteiger partial charge in [-0.2, -0.15) is 13.2 Å². The van der Waals surface area contributed by atoms with Crippen LogP contribution in [0.2, 0.25) is 0 Å². The molecule has 1 aliphatic heterocycles. The summed E-state index contributed by atoms with van der Waals surface area (Å²) in [6.45, 7) is 3.92. The van der Waals surface area contributed by atoms with E-state index in [-0.39, 0.29) is 30.1 Å². The Bertz CT molecular complexity index is 1190. The average Bonchev–Trinajstić information content (AvgIpc) is 3.21. The highest BCUT2D eigenvalue weighted by Crippen LogP contribution is 2.33. The quantitative estimate of drug-likeness (QED) is 0.521. The molecule has 1 saturated heterocycles. The summed E-state index contributed by atoms with van der Waals surface area (Å²) in [6.07, 6.45) is -2.96. The van der Waals surface area contributed by atoms with Crippen molar-refractivity contribution in [3.63, 3.8) is 0 Å². The zero-order valence-corrected chi connectivity index (χ0v) is 19.6. The second-order valence-corrected chi connectivity index (χ2v) is 10.1. The van der Waals surface area contributed by atoms with E-state index in [0.29, 0.717) is 11.3 Å². The van der Waals surface area contributed by atoms with Gasteiger partial charge in [-0.05, 0) is 67.7 Å². The van der Waals surface area contributed by atoms with Crippen molar-refractivity contribution in [2.75, 3.05) is 18.8 Å². The topological polar surface area (TPSA) is 76.0 Å². The number of hydrogen-bond acceptors (Lipinski definition) is 4. The van der Waals surface area contributed by atoms with Crippen LogP contribution in [0.5, 0.6) is 0 Å². The Hall–Kier alpha value is -2.72. The monoisotopic (exact) mass is 492 g/mol. The number of nitrogens with one attached hydrogen (secondary N) is 2. The van der Waals surface area contributed by atoms with Crippen molar-refractivity contribution in [3.8, 4) is 0 Å². The number of alkyl halides is 3. The van der Waals surface area contributed by atoms with Gasteiger partial charge in [0.1, 0.15) is 0 Å². The second-order valence-electron chi connectivity index (χ2n) is 8.40. The number of fused-ring (bicyclic) bond motifs is 1. The predicted octanol–water partition coefficient (Wildman–Crippen LogP) is 4.11. The third-order valence-corrected chi connectivity index (χ3v) is 7.39. The zero-order chi connectivity index (χ0) is 24.3. The first-order valence-corrected chi connectivity index (χ1v) is 12.6. The summed E-state index contributed by atoms with van der Waals surface area (Å²) in [5, 5.41) is 6.01. The van der Waals surface area contributed by atoms with Gasteiger partial charge in [0.15, 0.2) is 0 Å². The molecule has 3 aromatic rings. The number of piperidine rings is 1. The number of carbonyl (C=O) groups excluding carboxylic acids is 1. The van der Waals surface area contributed by atoms with Crippen LogP contribution in [0.4, 0.5) is 13.2 Å². The van der Waals surface area contributed by atoms with Gasteiger partial charge >= 0.3 is 6.18 Å². The molecule has 0 saturated carbocycles. The third-order valence-electron chi connectivity index (χ3n) is 6.06. The van der Waals surface area contributed by atoms with Gasteiger partial charge in [0.25, 0.3) is 5.91 Å². The molecule has 1 aliphatic rings. The van der Waals surface area contributed by atoms with Crippen molar-refractivity contribution in [1.29, 1.82) is 0 Å². The lowest BCUT2D eigenvalue weighted by molar-refractivity contribution is -0.147. The zero-order valence-electron chi connectivity index (χ0n) is 18.8. The van der Waals surface area contributed by atoms with Crippen molar-refractivity contribution in [2.24, 2.45) is 5.92 Å². The Morgan fingerprint density at radius 1 is 1.18 bits per heavy atom. The average molecular weight is 493 g/mol. The highest BCUT2D eigenvalue weighted by Gasteiger charge is 2.38. The molecule has 1 unspecified atom stereocenters. The fourth-order valence-electron chi connectivity index (χ4n) is 4.20. The molecule has 182 valence electrons. The Morgan fingerprint density at radius 2 is 1.88 bits per heavy atom. The van der Waals surface area contributed by atoms with E-state index in [4.69, 9.17) is 0 Å². The molecule has 2 heterocycles. The Kier molecular flexibility index (Phi) is 7.37. The molecule has 0 aliphatic carbocycles. The standard InChI is InChI=1S/C24H27F3N4O2S/c1-2-34(33)19-6-3-16(4-7-19)14-29-22(32)18-5-8-21-20(13-18)30-23(24(25,26)27)31(21)15-17-9-11-28-12-10-17/h3-8,13,17,28H,2,9-12,14-15H2,1H3,(H,29,32). The molecule has 1 atom stereocenters. The third kappa shape index (κ3) is 5.50. The number of rotatable bonds is 7. The molecule has 1 amide bonds. The van der Waals surface area contributed by atoms with Crippen LogP contribution in [0.25, 0.3) is 11.0 Å². The van der Waals surface area contributed by atoms with Crippen LogP contribution in [-0.4, -0.2) is 38.5 Å². The minimum Gasteiger partial charge on any atom is -0.348 e. The maximum atomic E-state index is 13.7. The van der Waals surface area contributed by atoms with Gasteiger partial charge in [-0.25, -0.2) is 4.98 Å². The van der Waals surface area contributed by atoms with Gasteiger partial charge in [0.2, 0.25) is 5.82 Å². The highest BCUT2D eigenvalue weighted by atomic mass is 32.2. The van der Waals surface area contributed by atoms with Gasteiger partial charge in [0.05, 0.1) is 21.8 Å². The number of nitrogens with zero attached hydrogens (tertiary/aromatic N) is 2. The minimum absolute atomic E-state index is 0.142. The van der Waals surface area contributed by atoms with E-state index < -0.39 is 28.7 Å². The van der Waals surface area contributed by atoms with E-state index in [0.717, 1.165) is 36.4 Å². The molecule has 0 bridgehead atoms. The summed E-state index contributed by atoms with van der Waals surface area (Å²) < 4.78 is 54.2. The molecule has 0 spiro atoms. The predicted molar refractivity (Wildman–Crippen MR) is 125 cm³/mol. The number of amides is 1. The van der Waals surface area contributed by atoms with Crippen molar-refractivity contribution < 1.29 is 22.2 Å². The molecule has 6 nitrogen and oxygen atoms in total. The molecule has 2 aromatic carbocycles. The Morgan fingerprint density at radius 3 is 2.53 bits per heavy atom. The summed E-state index contributed by atoms with van der Waals surface area (Å²) in [4.78, 5) is 17.2. The molecular weight excluding hydrogens is 465 g/mol. The van der Waals surface area contributed by atoms with E-state index in [2.05, 4.69) is 15.6 Å². The van der Waals surface area contributed by atoms with Gasteiger partial charge in [-0.15, -0.1) is 0 Å². The second kappa shape index (κ2) is 10.3. The Labute approximate surface area is 198 Å². The summed E-state index contributed by atoms with van der Waals surface area (Å²) in [7, 11) is -1.04. The number of carbonyl (C=O) groups is 1. The molecule has 34 heavy (non-hydrogen) atoms. The van der Waals surface area contributed by atoms with Gasteiger partial charge in [0, 0.05) is 29.3 Å². The molecular formula is C24H27F3N4O2S. The van der Waals surface area contributed by atoms with Crippen LogP contribution in [0.1, 0.15) is 41.5 Å². The van der Waals surface area contributed by atoms with Crippen LogP contribution >= 0.6 is 0 Å². The first kappa shape index (κ1) is 24.4. The van der Waals surface area contributed by atoms with Crippen LogP contribution in [0.3, 0.4) is 0 Å². The van der Waals surface area contributed by atoms with E-state index in [9.17, 15) is 22.2 Å². The summed E-state index contributed by atoms with van der Waals surface area (Å²) in [6, 6.07) is 11.6. The lowest BCUT2D eigenvalue weighted by Crippen LogP contribution is -2.30. The van der Waals surface area contributed by atoms with Crippen molar-refractivity contribution in [3.05, 3.63) is 59.4 Å². The number of hydrogen-bond donors (Lipinski definition) is 2. The van der Waals surface area contributed by atoms with E-state index in [1.165, 1.54) is 16.7 Å². The number of aromatic nitrogens is 2. The van der Waals surface area contributed by atoms with E-state index in [1.807, 2.05) is 6.92 Å². The van der Waals surface area contributed by atoms with Gasteiger partial charge < -0.3 is 15.2 Å². The van der Waals surface area contributed by atoms with Crippen LogP contribution < -0.4 is 10.6 Å². The van der Waals surface area contributed by atoms with E-state index >= 15 is 0 Å². The van der Waals surface area contributed by atoms with Crippen molar-refractivity contribution >= 4 is 27.7 Å². The Balaban J connectivity index is 1.52. The molecule has 0 radical (unpaired) electrons. The van der Waals surface area contributed by atoms with E-state index in [1.54, 1.807) is 30.3 Å². The fraction of sp³-hybridized carbons (Fsp3) is 0.417. The number of imidazole rings is 1. The number of halogens is 3. The molecule has 1 aromatic heterocycles. The maximum absolute atomic E-state index is 13.7. The fourth-order valence-corrected chi connectivity index (χ4v) is 4.98. The summed E-state index contributed by atoms with van der Waals surface area (Å²) in [5.41, 5.74) is 1.61. The summed E-state index contributed by atoms with van der Waals surface area (Å²) >= 11 is 0. The highest BCUT2D eigenvalue weighted by molar-refractivity contribution is 7.85. The largest absolute Gasteiger partial charge is 0.449 e. The lowest BCUT2D eigenvalue weighted by atomic mass is 9.98. The number of benzene rings is 2.